The van der Waals surface area contributed by atoms with Gasteiger partial charge in [0.05, 0.1) is 12.8 Å². The van der Waals surface area contributed by atoms with Crippen LogP contribution in [-0.4, -0.2) is 18.7 Å². The van der Waals surface area contributed by atoms with Crippen molar-refractivity contribution >= 4 is 33.7 Å². The monoisotopic (exact) mass is 423 g/mol. The third kappa shape index (κ3) is 6.27. The molecular weight excluding hydrogens is 406 g/mol. The number of hydrogen-bond donors (Lipinski definition) is 2. The van der Waals surface area contributed by atoms with E-state index >= 15 is 0 Å². The van der Waals surface area contributed by atoms with Crippen LogP contribution in [0.25, 0.3) is 0 Å². The first-order valence-electron chi connectivity index (χ1n) is 8.33. The van der Waals surface area contributed by atoms with Gasteiger partial charge in [0.25, 0.3) is 5.91 Å². The quantitative estimate of drug-likeness (QED) is 0.423. The molecule has 6 heteroatoms. The lowest BCUT2D eigenvalue weighted by atomic mass is 10.2. The summed E-state index contributed by atoms with van der Waals surface area (Å²) in [5.41, 5.74) is 4.19. The van der Waals surface area contributed by atoms with Crippen LogP contribution in [0.3, 0.4) is 0 Å². The van der Waals surface area contributed by atoms with E-state index < -0.39 is 0 Å². The van der Waals surface area contributed by atoms with Crippen molar-refractivity contribution in [1.29, 1.82) is 0 Å². The van der Waals surface area contributed by atoms with Gasteiger partial charge >= 0.3 is 0 Å². The summed E-state index contributed by atoms with van der Waals surface area (Å²) < 4.78 is 6.77. The number of rotatable bonds is 7. The molecule has 0 heterocycles. The lowest BCUT2D eigenvalue weighted by molar-refractivity contribution is -0.119. The second-order valence-corrected chi connectivity index (χ2v) is 6.56. The lowest BCUT2D eigenvalue weighted by Crippen LogP contribution is -2.25. The van der Waals surface area contributed by atoms with Gasteiger partial charge in [0.1, 0.15) is 11.5 Å². The molecule has 0 atom stereocenters. The third-order valence-corrected chi connectivity index (χ3v) is 4.07. The van der Waals surface area contributed by atoms with Gasteiger partial charge in [-0.25, -0.2) is 5.43 Å². The molecule has 0 aliphatic carbocycles. The Bertz CT molecular complexity index is 912. The van der Waals surface area contributed by atoms with Crippen LogP contribution in [-0.2, 0) is 4.79 Å². The number of hydrazone groups is 1. The highest BCUT2D eigenvalue weighted by Gasteiger charge is 2.00. The van der Waals surface area contributed by atoms with Crippen LogP contribution in [0.4, 0.5) is 5.69 Å². The minimum Gasteiger partial charge on any atom is -0.457 e. The van der Waals surface area contributed by atoms with E-state index in [1.807, 2.05) is 78.9 Å². The zero-order chi connectivity index (χ0) is 18.9. The van der Waals surface area contributed by atoms with Gasteiger partial charge in [-0.1, -0.05) is 46.3 Å². The number of amides is 1. The molecule has 0 saturated heterocycles. The van der Waals surface area contributed by atoms with E-state index in [2.05, 4.69) is 31.8 Å². The Morgan fingerprint density at radius 2 is 1.70 bits per heavy atom. The van der Waals surface area contributed by atoms with Gasteiger partial charge < -0.3 is 10.1 Å². The molecule has 3 rings (SSSR count). The zero-order valence-electron chi connectivity index (χ0n) is 14.4. The highest BCUT2D eigenvalue weighted by atomic mass is 79.9. The molecule has 0 aliphatic heterocycles. The van der Waals surface area contributed by atoms with Crippen LogP contribution in [0, 0.1) is 0 Å². The summed E-state index contributed by atoms with van der Waals surface area (Å²) in [7, 11) is 0. The van der Waals surface area contributed by atoms with Crippen molar-refractivity contribution in [2.24, 2.45) is 5.10 Å². The van der Waals surface area contributed by atoms with Gasteiger partial charge in [-0.05, 0) is 54.1 Å². The predicted octanol–water partition coefficient (Wildman–Crippen LogP) is 4.80. The summed E-state index contributed by atoms with van der Waals surface area (Å²) in [5, 5.41) is 7.02. The Morgan fingerprint density at radius 3 is 2.48 bits per heavy atom. The van der Waals surface area contributed by atoms with Crippen LogP contribution in [0.2, 0.25) is 0 Å². The van der Waals surface area contributed by atoms with Crippen LogP contribution < -0.4 is 15.5 Å². The Balaban J connectivity index is 1.49. The maximum Gasteiger partial charge on any atom is 0.259 e. The maximum atomic E-state index is 11.9. The van der Waals surface area contributed by atoms with Gasteiger partial charge in [0, 0.05) is 10.2 Å². The SMILES string of the molecule is O=C(CNc1ccc(Br)cc1)N/N=C\c1cccc(Oc2ccccc2)c1. The Hall–Kier alpha value is -3.12. The van der Waals surface area contributed by atoms with Crippen LogP contribution in [0.15, 0.2) is 88.4 Å². The van der Waals surface area contributed by atoms with E-state index in [9.17, 15) is 4.79 Å². The molecule has 2 N–H and O–H groups in total. The molecule has 136 valence electrons. The third-order valence-electron chi connectivity index (χ3n) is 3.54. The van der Waals surface area contributed by atoms with Crippen LogP contribution >= 0.6 is 15.9 Å². The summed E-state index contributed by atoms with van der Waals surface area (Å²) in [6.07, 6.45) is 1.58. The summed E-state index contributed by atoms with van der Waals surface area (Å²) >= 11 is 3.37. The molecule has 0 radical (unpaired) electrons. The Morgan fingerprint density at radius 1 is 0.963 bits per heavy atom. The molecular formula is C21H18BrN3O2. The van der Waals surface area contributed by atoms with Crippen LogP contribution in [0.5, 0.6) is 11.5 Å². The number of anilines is 1. The second kappa shape index (κ2) is 9.54. The average Bonchev–Trinajstić information content (AvgIpc) is 2.69. The van der Waals surface area contributed by atoms with Gasteiger partial charge in [-0.2, -0.15) is 5.10 Å². The first kappa shape index (κ1) is 18.7. The van der Waals surface area contributed by atoms with Gasteiger partial charge in [0.2, 0.25) is 0 Å². The summed E-state index contributed by atoms with van der Waals surface area (Å²) in [6, 6.07) is 24.6. The van der Waals surface area contributed by atoms with Gasteiger partial charge in [-0.3, -0.25) is 4.79 Å². The highest BCUT2D eigenvalue weighted by Crippen LogP contribution is 2.21. The molecule has 0 saturated carbocycles. The molecule has 1 amide bonds. The van der Waals surface area contributed by atoms with Crippen molar-refractivity contribution in [3.63, 3.8) is 0 Å². The Labute approximate surface area is 166 Å². The number of benzene rings is 3. The smallest absolute Gasteiger partial charge is 0.259 e. The molecule has 0 unspecified atom stereocenters. The minimum absolute atomic E-state index is 0.135. The van der Waals surface area contributed by atoms with Crippen molar-refractivity contribution in [3.05, 3.63) is 88.9 Å². The summed E-state index contributed by atoms with van der Waals surface area (Å²) in [6.45, 7) is 0.135. The molecule has 0 bridgehead atoms. The van der Waals surface area contributed by atoms with Gasteiger partial charge in [0.15, 0.2) is 0 Å². The number of hydrogen-bond acceptors (Lipinski definition) is 4. The number of carbonyl (C=O) groups is 1. The fraction of sp³-hybridized carbons (Fsp3) is 0.0476. The summed E-state index contributed by atoms with van der Waals surface area (Å²) in [4.78, 5) is 11.9. The lowest BCUT2D eigenvalue weighted by Gasteiger charge is -2.06. The number of carbonyl (C=O) groups excluding carboxylic acids is 1. The Kier molecular flexibility index (Phi) is 6.60. The van der Waals surface area contributed by atoms with Crippen LogP contribution in [0.1, 0.15) is 5.56 Å². The number of nitrogens with zero attached hydrogens (tertiary/aromatic N) is 1. The van der Waals surface area contributed by atoms with E-state index in [1.165, 1.54) is 0 Å². The van der Waals surface area contributed by atoms with E-state index in [-0.39, 0.29) is 12.5 Å². The zero-order valence-corrected chi connectivity index (χ0v) is 16.0. The highest BCUT2D eigenvalue weighted by molar-refractivity contribution is 9.10. The molecule has 0 aromatic heterocycles. The van der Waals surface area contributed by atoms with E-state index in [1.54, 1.807) is 6.21 Å². The molecule has 0 spiro atoms. The van der Waals surface area contributed by atoms with Crippen molar-refractivity contribution in [2.75, 3.05) is 11.9 Å². The second-order valence-electron chi connectivity index (χ2n) is 5.64. The molecule has 5 nitrogen and oxygen atoms in total. The molecule has 0 aliphatic rings. The number of nitrogens with one attached hydrogen (secondary N) is 2. The maximum absolute atomic E-state index is 11.9. The molecule has 3 aromatic carbocycles. The molecule has 0 fully saturated rings. The minimum atomic E-state index is -0.231. The van der Waals surface area contributed by atoms with E-state index in [0.29, 0.717) is 5.75 Å². The number of halogens is 1. The van der Waals surface area contributed by atoms with Gasteiger partial charge in [-0.15, -0.1) is 0 Å². The number of para-hydroxylation sites is 1. The molecule has 27 heavy (non-hydrogen) atoms. The average molecular weight is 424 g/mol. The van der Waals surface area contributed by atoms with E-state index in [0.717, 1.165) is 21.5 Å². The normalized spacial score (nSPS) is 10.6. The first-order chi connectivity index (χ1) is 13.2. The molecule has 3 aromatic rings. The van der Waals surface area contributed by atoms with E-state index in [4.69, 9.17) is 4.74 Å². The van der Waals surface area contributed by atoms with Crippen molar-refractivity contribution in [3.8, 4) is 11.5 Å². The largest absolute Gasteiger partial charge is 0.457 e. The fourth-order valence-corrected chi connectivity index (χ4v) is 2.52. The fourth-order valence-electron chi connectivity index (χ4n) is 2.25. The van der Waals surface area contributed by atoms with Crippen molar-refractivity contribution < 1.29 is 9.53 Å². The summed E-state index contributed by atoms with van der Waals surface area (Å²) in [5.74, 6) is 1.23. The topological polar surface area (TPSA) is 62.7 Å². The number of ether oxygens (including phenoxy) is 1. The first-order valence-corrected chi connectivity index (χ1v) is 9.13. The predicted molar refractivity (Wildman–Crippen MR) is 111 cm³/mol. The van der Waals surface area contributed by atoms with Crippen molar-refractivity contribution in [1.82, 2.24) is 5.43 Å². The van der Waals surface area contributed by atoms with Crippen molar-refractivity contribution in [2.45, 2.75) is 0 Å². The standard InChI is InChI=1S/C21H18BrN3O2/c22-17-9-11-18(12-10-17)23-15-21(26)25-24-14-16-5-4-8-20(13-16)27-19-6-2-1-3-7-19/h1-14,23H,15H2,(H,25,26)/b24-14-.